The van der Waals surface area contributed by atoms with Crippen LogP contribution in [0.3, 0.4) is 0 Å². The van der Waals surface area contributed by atoms with Gasteiger partial charge in [0.2, 0.25) is 0 Å². The average molecular weight is 294 g/mol. The second kappa shape index (κ2) is 5.15. The molecule has 110 valence electrons. The maximum Gasteiger partial charge on any atom is 0.310 e. The predicted molar refractivity (Wildman–Crippen MR) is 81.9 cm³/mol. The Kier molecular flexibility index (Phi) is 3.30. The van der Waals surface area contributed by atoms with Crippen molar-refractivity contribution >= 4 is 16.7 Å². The molecule has 5 heteroatoms. The summed E-state index contributed by atoms with van der Waals surface area (Å²) in [4.78, 5) is 11.0. The summed E-state index contributed by atoms with van der Waals surface area (Å²) in [5, 5.41) is 18.6. The molecule has 1 N–H and O–H groups in total. The van der Waals surface area contributed by atoms with Crippen LogP contribution in [-0.4, -0.2) is 23.3 Å². The third-order valence-corrected chi connectivity index (χ3v) is 3.72. The lowest BCUT2D eigenvalue weighted by Crippen LogP contribution is -2.18. The number of carboxylic acids is 1. The highest BCUT2D eigenvalue weighted by Crippen LogP contribution is 2.29. The summed E-state index contributed by atoms with van der Waals surface area (Å²) < 4.78 is 5.62. The zero-order valence-electron chi connectivity index (χ0n) is 12.0. The quantitative estimate of drug-likeness (QED) is 0.861. The van der Waals surface area contributed by atoms with Crippen molar-refractivity contribution in [3.8, 4) is 18.1 Å². The highest BCUT2D eigenvalue weighted by atomic mass is 16.5. The van der Waals surface area contributed by atoms with Gasteiger partial charge < -0.3 is 9.84 Å². The first-order chi connectivity index (χ1) is 10.5. The molecular formula is C17H14N2O3. The van der Waals surface area contributed by atoms with Crippen LogP contribution in [0.15, 0.2) is 46.6 Å². The molecule has 1 heterocycles. The molecule has 0 fully saturated rings. The highest BCUT2D eigenvalue weighted by Gasteiger charge is 2.39. The summed E-state index contributed by atoms with van der Waals surface area (Å²) in [6, 6.07) is 11.2. The molecule has 0 amide bonds. The van der Waals surface area contributed by atoms with Crippen LogP contribution in [0.25, 0.3) is 10.8 Å². The monoisotopic (exact) mass is 294 g/mol. The Hall–Kier alpha value is -2.87. The van der Waals surface area contributed by atoms with E-state index in [9.17, 15) is 4.79 Å². The lowest BCUT2D eigenvalue weighted by molar-refractivity contribution is -0.138. The largest absolute Gasteiger partial charge is 0.488 e. The molecule has 0 saturated carbocycles. The first-order valence-corrected chi connectivity index (χ1v) is 6.84. The lowest BCUT2D eigenvalue weighted by Gasteiger charge is -2.10. The molecule has 1 aliphatic heterocycles. The number of carboxylic acid groups (broad SMARTS) is 1. The van der Waals surface area contributed by atoms with Crippen LogP contribution < -0.4 is 4.74 Å². The average Bonchev–Trinajstić information content (AvgIpc) is 3.32. The molecule has 0 aliphatic carbocycles. The van der Waals surface area contributed by atoms with E-state index in [2.05, 4.69) is 16.1 Å². The van der Waals surface area contributed by atoms with Crippen LogP contribution in [0.5, 0.6) is 5.75 Å². The van der Waals surface area contributed by atoms with E-state index in [1.807, 2.05) is 36.4 Å². The van der Waals surface area contributed by atoms with E-state index in [1.54, 1.807) is 6.92 Å². The van der Waals surface area contributed by atoms with Gasteiger partial charge in [-0.05, 0) is 41.3 Å². The van der Waals surface area contributed by atoms with Crippen LogP contribution in [0.1, 0.15) is 18.4 Å². The Bertz CT molecular complexity index is 814. The fourth-order valence-electron chi connectivity index (χ4n) is 2.15. The van der Waals surface area contributed by atoms with E-state index in [0.29, 0.717) is 5.75 Å². The van der Waals surface area contributed by atoms with Crippen molar-refractivity contribution in [2.75, 3.05) is 6.61 Å². The minimum absolute atomic E-state index is 0.225. The first-order valence-electron chi connectivity index (χ1n) is 6.84. The van der Waals surface area contributed by atoms with Crippen LogP contribution >= 0.6 is 0 Å². The van der Waals surface area contributed by atoms with Gasteiger partial charge in [0.25, 0.3) is 5.66 Å². The van der Waals surface area contributed by atoms with Gasteiger partial charge in [-0.15, -0.1) is 16.7 Å². The number of carbonyl (C=O) groups is 1. The predicted octanol–water partition coefficient (Wildman–Crippen LogP) is 3.20. The topological polar surface area (TPSA) is 71.2 Å². The summed E-state index contributed by atoms with van der Waals surface area (Å²) >= 11 is 0. The van der Waals surface area contributed by atoms with Gasteiger partial charge in [-0.3, -0.25) is 4.79 Å². The minimum Gasteiger partial charge on any atom is -0.488 e. The van der Waals surface area contributed by atoms with Crippen molar-refractivity contribution < 1.29 is 14.6 Å². The van der Waals surface area contributed by atoms with Gasteiger partial charge in [0, 0.05) is 0 Å². The van der Waals surface area contributed by atoms with E-state index in [4.69, 9.17) is 16.3 Å². The van der Waals surface area contributed by atoms with Gasteiger partial charge in [-0.2, -0.15) is 0 Å². The number of ether oxygens (including phenoxy) is 1. The summed E-state index contributed by atoms with van der Waals surface area (Å²) in [5.41, 5.74) is -0.0361. The van der Waals surface area contributed by atoms with E-state index in [0.717, 1.165) is 16.3 Å². The zero-order valence-corrected chi connectivity index (χ0v) is 12.0. The Morgan fingerprint density at radius 1 is 1.32 bits per heavy atom. The van der Waals surface area contributed by atoms with Crippen molar-refractivity contribution in [1.82, 2.24) is 0 Å². The number of nitrogens with zero attached hydrogens (tertiary/aromatic N) is 2. The van der Waals surface area contributed by atoms with E-state index >= 15 is 0 Å². The number of terminal acetylenes is 1. The van der Waals surface area contributed by atoms with Gasteiger partial charge in [0.15, 0.2) is 0 Å². The Morgan fingerprint density at radius 2 is 2.00 bits per heavy atom. The summed E-state index contributed by atoms with van der Waals surface area (Å²) in [7, 11) is 0. The van der Waals surface area contributed by atoms with Crippen LogP contribution in [0.2, 0.25) is 0 Å². The number of hydrogen-bond acceptors (Lipinski definition) is 4. The number of hydrogen-bond donors (Lipinski definition) is 1. The minimum atomic E-state index is -0.837. The standard InChI is InChI=1S/C17H14N2O3/c1-3-17(18-19-17)10-22-15-7-6-13-8-12(11(2)16(20)21)4-5-14(13)9-15/h1,4-9,11H,10H2,2H3,(H,20,21)/t11-/m0/s1. The van der Waals surface area contributed by atoms with Crippen molar-refractivity contribution in [2.45, 2.75) is 18.5 Å². The molecule has 0 unspecified atom stereocenters. The third-order valence-electron chi connectivity index (χ3n) is 3.72. The maximum atomic E-state index is 11.0. The van der Waals surface area contributed by atoms with Crippen LogP contribution in [0, 0.1) is 12.3 Å². The second-order valence-electron chi connectivity index (χ2n) is 5.28. The normalized spacial score (nSPS) is 16.0. The highest BCUT2D eigenvalue weighted by molar-refractivity contribution is 5.86. The fraction of sp³-hybridized carbons (Fsp3) is 0.235. The molecule has 3 rings (SSSR count). The molecule has 0 spiro atoms. The van der Waals surface area contributed by atoms with E-state index in [1.165, 1.54) is 0 Å². The second-order valence-corrected chi connectivity index (χ2v) is 5.28. The molecule has 2 aromatic carbocycles. The number of benzene rings is 2. The maximum absolute atomic E-state index is 11.0. The fourth-order valence-corrected chi connectivity index (χ4v) is 2.15. The molecule has 2 aromatic rings. The van der Waals surface area contributed by atoms with Crippen molar-refractivity contribution in [2.24, 2.45) is 10.2 Å². The van der Waals surface area contributed by atoms with Gasteiger partial charge in [-0.1, -0.05) is 24.3 Å². The molecule has 0 bridgehead atoms. The van der Waals surface area contributed by atoms with E-state index in [-0.39, 0.29) is 6.61 Å². The SMILES string of the molecule is C#CC1(COc2ccc3cc([C@H](C)C(=O)O)ccc3c2)N=N1. The van der Waals surface area contributed by atoms with E-state index < -0.39 is 17.6 Å². The number of rotatable bonds is 5. The molecule has 5 nitrogen and oxygen atoms in total. The van der Waals surface area contributed by atoms with Crippen molar-refractivity contribution in [3.05, 3.63) is 42.0 Å². The molecule has 1 aliphatic rings. The summed E-state index contributed by atoms with van der Waals surface area (Å²) in [6.07, 6.45) is 5.33. The zero-order chi connectivity index (χ0) is 15.7. The number of fused-ring (bicyclic) bond motifs is 1. The Morgan fingerprint density at radius 3 is 2.64 bits per heavy atom. The first kappa shape index (κ1) is 14.1. The van der Waals surface area contributed by atoms with Crippen LogP contribution in [0.4, 0.5) is 0 Å². The molecule has 0 radical (unpaired) electrons. The molecule has 0 aromatic heterocycles. The van der Waals surface area contributed by atoms with Gasteiger partial charge in [0.05, 0.1) is 5.92 Å². The van der Waals surface area contributed by atoms with Crippen molar-refractivity contribution in [3.63, 3.8) is 0 Å². The van der Waals surface area contributed by atoms with Crippen molar-refractivity contribution in [1.29, 1.82) is 0 Å². The molecular weight excluding hydrogens is 280 g/mol. The lowest BCUT2D eigenvalue weighted by atomic mass is 9.98. The van der Waals surface area contributed by atoms with Crippen LogP contribution in [-0.2, 0) is 4.79 Å². The smallest absolute Gasteiger partial charge is 0.310 e. The van der Waals surface area contributed by atoms with Gasteiger partial charge in [0.1, 0.15) is 12.4 Å². The Labute approximate surface area is 127 Å². The van der Waals surface area contributed by atoms with Gasteiger partial charge >= 0.3 is 5.97 Å². The molecule has 22 heavy (non-hydrogen) atoms. The summed E-state index contributed by atoms with van der Waals surface area (Å²) in [5.74, 6) is 1.78. The third kappa shape index (κ3) is 2.63. The molecule has 1 atom stereocenters. The Balaban J connectivity index is 1.80. The van der Waals surface area contributed by atoms with Gasteiger partial charge in [-0.25, -0.2) is 0 Å². The summed E-state index contributed by atoms with van der Waals surface area (Å²) in [6.45, 7) is 1.89. The number of aliphatic carboxylic acids is 1. The molecule has 0 saturated heterocycles.